The van der Waals surface area contributed by atoms with Gasteiger partial charge in [0, 0.05) is 12.8 Å². The van der Waals surface area contributed by atoms with Gasteiger partial charge in [0.25, 0.3) is 0 Å². The van der Waals surface area contributed by atoms with Crippen LogP contribution in [0.5, 0.6) is 0 Å². The summed E-state index contributed by atoms with van der Waals surface area (Å²) in [6, 6.07) is 0. The van der Waals surface area contributed by atoms with Crippen LogP contribution in [0.3, 0.4) is 0 Å². The number of rotatable bonds is 1. The molecule has 48 valence electrons. The van der Waals surface area contributed by atoms with Gasteiger partial charge < -0.3 is 10.9 Å². The largest absolute Gasteiger partial charge is 0.307 e. The fourth-order valence-corrected chi connectivity index (χ4v) is 0.723. The fraction of sp³-hybridized carbons (Fsp3) is 0.600. The van der Waals surface area contributed by atoms with Crippen molar-refractivity contribution < 1.29 is 1.43 Å². The molecule has 3 nitrogen and oxygen atoms in total. The zero-order valence-electron chi connectivity index (χ0n) is 5.21. The summed E-state index contributed by atoms with van der Waals surface area (Å²) in [6.07, 6.45) is 1.05. The molecule has 0 aromatic rings. The van der Waals surface area contributed by atoms with Gasteiger partial charge in [0.1, 0.15) is 0 Å². The maximum atomic E-state index is 2.97. The Balaban J connectivity index is 0.000000640. The molecule has 0 spiro atoms. The Morgan fingerprint density at radius 1 is 1.50 bits per heavy atom. The molecule has 0 bridgehead atoms. The summed E-state index contributed by atoms with van der Waals surface area (Å²) in [4.78, 5) is 0. The van der Waals surface area contributed by atoms with Crippen LogP contribution in [0.2, 0.25) is 0 Å². The predicted molar refractivity (Wildman–Crippen MR) is 34.5 cm³/mol. The quantitative estimate of drug-likeness (QED) is 0.465. The van der Waals surface area contributed by atoms with Gasteiger partial charge >= 0.3 is 0 Å². The molecule has 0 aromatic carbocycles. The molecule has 0 saturated carbocycles. The summed E-state index contributed by atoms with van der Waals surface area (Å²) in [5, 5.41) is 0. The highest BCUT2D eigenvalue weighted by Crippen LogP contribution is 2.02. The summed E-state index contributed by atoms with van der Waals surface area (Å²) < 4.78 is 0. The Labute approximate surface area is 50.6 Å². The maximum absolute atomic E-state index is 2.97. The molecule has 3 heteroatoms. The number of hydrazine groups is 2. The second-order valence-corrected chi connectivity index (χ2v) is 1.83. The molecule has 0 saturated heterocycles. The minimum absolute atomic E-state index is 0. The lowest BCUT2D eigenvalue weighted by Gasteiger charge is -1.94. The molecule has 0 fully saturated rings. The summed E-state index contributed by atoms with van der Waals surface area (Å²) >= 11 is 0. The van der Waals surface area contributed by atoms with Crippen LogP contribution in [0, 0.1) is 0 Å². The van der Waals surface area contributed by atoms with E-state index in [-0.39, 0.29) is 1.43 Å². The van der Waals surface area contributed by atoms with E-state index in [1.54, 1.807) is 0 Å². The number of hydrogen-bond acceptors (Lipinski definition) is 3. The van der Waals surface area contributed by atoms with Gasteiger partial charge in [-0.15, -0.1) is 0 Å². The van der Waals surface area contributed by atoms with Gasteiger partial charge in [-0.2, -0.15) is 5.53 Å². The summed E-state index contributed by atoms with van der Waals surface area (Å²) in [6.45, 7) is 4.15. The molecule has 0 atom stereocenters. The smallest absolute Gasteiger partial charge is 0.0477 e. The van der Waals surface area contributed by atoms with Crippen LogP contribution in [0.15, 0.2) is 11.4 Å². The van der Waals surface area contributed by atoms with Crippen LogP contribution >= 0.6 is 0 Å². The zero-order valence-corrected chi connectivity index (χ0v) is 5.21. The first-order chi connectivity index (χ1) is 3.84. The molecule has 1 heterocycles. The molecule has 1 rings (SSSR count). The first-order valence-corrected chi connectivity index (χ1v) is 2.81. The molecule has 0 unspecified atom stereocenters. The third-order valence-electron chi connectivity index (χ3n) is 1.27. The first-order valence-electron chi connectivity index (χ1n) is 2.81. The van der Waals surface area contributed by atoms with Gasteiger partial charge in [-0.05, 0) is 13.3 Å². The molecule has 8 heavy (non-hydrogen) atoms. The van der Waals surface area contributed by atoms with Crippen molar-refractivity contribution >= 4 is 0 Å². The van der Waals surface area contributed by atoms with Crippen molar-refractivity contribution in [3.63, 3.8) is 0 Å². The molecular weight excluding hydrogens is 102 g/mol. The zero-order chi connectivity index (χ0) is 5.98. The van der Waals surface area contributed by atoms with Crippen molar-refractivity contribution in [2.75, 3.05) is 0 Å². The van der Waals surface area contributed by atoms with Crippen LogP contribution in [-0.2, 0) is 0 Å². The first kappa shape index (κ1) is 5.44. The Morgan fingerprint density at radius 2 is 2.25 bits per heavy atom. The van der Waals surface area contributed by atoms with Crippen LogP contribution in [0.4, 0.5) is 0 Å². The van der Waals surface area contributed by atoms with Crippen LogP contribution in [0.25, 0.3) is 0 Å². The van der Waals surface area contributed by atoms with E-state index >= 15 is 0 Å². The van der Waals surface area contributed by atoms with E-state index in [9.17, 15) is 0 Å². The standard InChI is InChI=1S/C5H11N3.H2/c1-3-5-4(2)6-8-7-5;/h6-8H,3H2,1-2H3;1H. The highest BCUT2D eigenvalue weighted by Gasteiger charge is 2.03. The van der Waals surface area contributed by atoms with Crippen molar-refractivity contribution in [2.45, 2.75) is 20.3 Å². The highest BCUT2D eigenvalue weighted by atomic mass is 15.6. The van der Waals surface area contributed by atoms with Crippen LogP contribution < -0.4 is 16.4 Å². The average molecular weight is 115 g/mol. The average Bonchev–Trinajstić information content (AvgIpc) is 2.14. The Kier molecular flexibility index (Phi) is 1.39. The van der Waals surface area contributed by atoms with E-state index in [1.165, 1.54) is 11.4 Å². The minimum atomic E-state index is 0. The van der Waals surface area contributed by atoms with E-state index in [4.69, 9.17) is 0 Å². The lowest BCUT2D eigenvalue weighted by molar-refractivity contribution is 0.584. The molecule has 0 aliphatic carbocycles. The highest BCUT2D eigenvalue weighted by molar-refractivity contribution is 5.09. The Morgan fingerprint density at radius 3 is 2.50 bits per heavy atom. The van der Waals surface area contributed by atoms with Gasteiger partial charge in [-0.25, -0.2) is 0 Å². The molecule has 1 aliphatic heterocycles. The second-order valence-electron chi connectivity index (χ2n) is 1.83. The molecule has 0 radical (unpaired) electrons. The van der Waals surface area contributed by atoms with E-state index in [2.05, 4.69) is 23.3 Å². The normalized spacial score (nSPS) is 18.2. The summed E-state index contributed by atoms with van der Waals surface area (Å²) in [5.41, 5.74) is 11.1. The topological polar surface area (TPSA) is 36.1 Å². The summed E-state index contributed by atoms with van der Waals surface area (Å²) in [5.74, 6) is 0. The third kappa shape index (κ3) is 0.767. The molecule has 1 aliphatic rings. The van der Waals surface area contributed by atoms with Gasteiger partial charge in [0.15, 0.2) is 0 Å². The van der Waals surface area contributed by atoms with E-state index in [0.29, 0.717) is 0 Å². The minimum Gasteiger partial charge on any atom is -0.307 e. The maximum Gasteiger partial charge on any atom is 0.0477 e. The SMILES string of the molecule is CCC1=C(C)NNN1.[HH]. The van der Waals surface area contributed by atoms with Gasteiger partial charge in [0.2, 0.25) is 0 Å². The third-order valence-corrected chi connectivity index (χ3v) is 1.27. The second kappa shape index (κ2) is 2.05. The molecule has 0 amide bonds. The molecular formula is C5H13N3. The van der Waals surface area contributed by atoms with Crippen molar-refractivity contribution in [1.82, 2.24) is 16.4 Å². The Hall–Kier alpha value is -0.700. The van der Waals surface area contributed by atoms with Gasteiger partial charge in [-0.1, -0.05) is 6.92 Å². The summed E-state index contributed by atoms with van der Waals surface area (Å²) in [7, 11) is 0. The monoisotopic (exact) mass is 115 g/mol. The van der Waals surface area contributed by atoms with E-state index < -0.39 is 0 Å². The number of hydrogen-bond donors (Lipinski definition) is 3. The van der Waals surface area contributed by atoms with Crippen molar-refractivity contribution in [3.05, 3.63) is 11.4 Å². The number of allylic oxidation sites excluding steroid dienone is 2. The predicted octanol–water partition coefficient (Wildman–Crippen LogP) is 0.486. The van der Waals surface area contributed by atoms with Crippen LogP contribution in [-0.4, -0.2) is 0 Å². The molecule has 3 N–H and O–H groups in total. The lowest BCUT2D eigenvalue weighted by Crippen LogP contribution is -2.32. The van der Waals surface area contributed by atoms with E-state index in [1.807, 2.05) is 6.92 Å². The van der Waals surface area contributed by atoms with Gasteiger partial charge in [-0.3, -0.25) is 0 Å². The lowest BCUT2D eigenvalue weighted by atomic mass is 10.3. The van der Waals surface area contributed by atoms with Crippen molar-refractivity contribution in [2.24, 2.45) is 0 Å². The van der Waals surface area contributed by atoms with Gasteiger partial charge in [0.05, 0.1) is 0 Å². The number of nitrogens with one attached hydrogen (secondary N) is 3. The van der Waals surface area contributed by atoms with Crippen LogP contribution in [0.1, 0.15) is 21.7 Å². The van der Waals surface area contributed by atoms with Crippen molar-refractivity contribution in [3.8, 4) is 0 Å². The fourth-order valence-electron chi connectivity index (χ4n) is 0.723. The van der Waals surface area contributed by atoms with E-state index in [0.717, 1.165) is 6.42 Å². The molecule has 0 aromatic heterocycles. The Bertz CT molecular complexity index is 121. The van der Waals surface area contributed by atoms with Crippen molar-refractivity contribution in [1.29, 1.82) is 0 Å².